The summed E-state index contributed by atoms with van der Waals surface area (Å²) in [6, 6.07) is 1.64. The molecule has 4 rings (SSSR count). The number of pyridine rings is 1. The van der Waals surface area contributed by atoms with Crippen LogP contribution in [0.2, 0.25) is 0 Å². The van der Waals surface area contributed by atoms with E-state index in [4.69, 9.17) is 10.5 Å². The molecule has 29 heavy (non-hydrogen) atoms. The first-order valence-corrected chi connectivity index (χ1v) is 9.87. The van der Waals surface area contributed by atoms with Gasteiger partial charge in [-0.1, -0.05) is 0 Å². The molecule has 3 heterocycles. The number of carbonyl (C=O) groups is 3. The Kier molecular flexibility index (Phi) is 4.79. The number of aromatic nitrogens is 3. The highest BCUT2D eigenvalue weighted by Crippen LogP contribution is 2.38. The van der Waals surface area contributed by atoms with E-state index in [-0.39, 0.29) is 5.56 Å². The Morgan fingerprint density at radius 2 is 2.14 bits per heavy atom. The van der Waals surface area contributed by atoms with Gasteiger partial charge < -0.3 is 15.8 Å². The Morgan fingerprint density at radius 3 is 2.90 bits per heavy atom. The topological polar surface area (TPSA) is 129 Å². The minimum Gasteiger partial charge on any atom is -0.452 e. The van der Waals surface area contributed by atoms with Gasteiger partial charge in [0.1, 0.15) is 5.00 Å². The molecule has 0 bridgehead atoms. The second-order valence-corrected chi connectivity index (χ2v) is 7.96. The molecule has 2 amide bonds. The molecule has 3 aromatic rings. The molecular weight excluding hydrogens is 394 g/mol. The summed E-state index contributed by atoms with van der Waals surface area (Å²) in [5, 5.41) is 8.05. The third-order valence-electron chi connectivity index (χ3n) is 4.85. The third-order valence-corrected chi connectivity index (χ3v) is 6.06. The number of hydrogen-bond donors (Lipinski definition) is 2. The van der Waals surface area contributed by atoms with E-state index in [9.17, 15) is 14.4 Å². The molecule has 0 saturated heterocycles. The van der Waals surface area contributed by atoms with Gasteiger partial charge in [0.05, 0.1) is 16.8 Å². The fourth-order valence-electron chi connectivity index (χ4n) is 3.55. The van der Waals surface area contributed by atoms with Crippen molar-refractivity contribution in [2.45, 2.75) is 26.2 Å². The number of carbonyl (C=O) groups excluding carboxylic acids is 3. The number of aryl methyl sites for hydroxylation is 3. The highest BCUT2D eigenvalue weighted by atomic mass is 32.1. The van der Waals surface area contributed by atoms with Crippen molar-refractivity contribution in [3.8, 4) is 0 Å². The van der Waals surface area contributed by atoms with Gasteiger partial charge in [-0.05, 0) is 37.8 Å². The number of ether oxygens (including phenoxy) is 1. The van der Waals surface area contributed by atoms with Crippen LogP contribution in [0.4, 0.5) is 5.00 Å². The van der Waals surface area contributed by atoms with E-state index in [0.29, 0.717) is 16.2 Å². The Bertz CT molecular complexity index is 1160. The van der Waals surface area contributed by atoms with Gasteiger partial charge in [-0.2, -0.15) is 5.10 Å². The molecule has 1 aliphatic carbocycles. The van der Waals surface area contributed by atoms with E-state index in [2.05, 4.69) is 15.4 Å². The van der Waals surface area contributed by atoms with Gasteiger partial charge in [-0.15, -0.1) is 11.3 Å². The zero-order chi connectivity index (χ0) is 20.7. The van der Waals surface area contributed by atoms with Crippen molar-refractivity contribution < 1.29 is 19.1 Å². The number of esters is 1. The van der Waals surface area contributed by atoms with Crippen molar-refractivity contribution in [1.82, 2.24) is 14.8 Å². The number of nitrogens with two attached hydrogens (primary N) is 1. The molecule has 0 unspecified atom stereocenters. The molecule has 10 heteroatoms. The Balaban J connectivity index is 1.43. The van der Waals surface area contributed by atoms with Crippen LogP contribution < -0.4 is 11.1 Å². The monoisotopic (exact) mass is 413 g/mol. The number of fused-ring (bicyclic) bond motifs is 2. The second-order valence-electron chi connectivity index (χ2n) is 6.85. The van der Waals surface area contributed by atoms with E-state index >= 15 is 0 Å². The van der Waals surface area contributed by atoms with Crippen molar-refractivity contribution in [2.75, 3.05) is 11.9 Å². The number of thiophene rings is 1. The minimum absolute atomic E-state index is 0.231. The largest absolute Gasteiger partial charge is 0.452 e. The molecule has 9 nitrogen and oxygen atoms in total. The number of nitrogens with zero attached hydrogens (tertiary/aromatic N) is 3. The van der Waals surface area contributed by atoms with Crippen LogP contribution >= 0.6 is 11.3 Å². The molecule has 0 fully saturated rings. The fourth-order valence-corrected chi connectivity index (χ4v) is 4.86. The maximum atomic E-state index is 12.3. The molecule has 1 aliphatic rings. The molecule has 0 aliphatic heterocycles. The lowest BCUT2D eigenvalue weighted by Gasteiger charge is -2.07. The van der Waals surface area contributed by atoms with Crippen molar-refractivity contribution in [1.29, 1.82) is 0 Å². The van der Waals surface area contributed by atoms with Crippen LogP contribution in [-0.4, -0.2) is 39.2 Å². The normalized spacial score (nSPS) is 12.8. The number of amides is 2. The van der Waals surface area contributed by atoms with Crippen molar-refractivity contribution >= 4 is 45.2 Å². The summed E-state index contributed by atoms with van der Waals surface area (Å²) >= 11 is 1.35. The number of hydrogen-bond acceptors (Lipinski definition) is 7. The summed E-state index contributed by atoms with van der Waals surface area (Å²) in [7, 11) is 1.77. The van der Waals surface area contributed by atoms with Crippen LogP contribution in [0.15, 0.2) is 12.3 Å². The lowest BCUT2D eigenvalue weighted by Crippen LogP contribution is -2.22. The quantitative estimate of drug-likeness (QED) is 0.613. The predicted molar refractivity (Wildman–Crippen MR) is 107 cm³/mol. The number of anilines is 1. The van der Waals surface area contributed by atoms with Crippen molar-refractivity contribution in [3.05, 3.63) is 39.5 Å². The van der Waals surface area contributed by atoms with Gasteiger partial charge in [0, 0.05) is 23.5 Å². The summed E-state index contributed by atoms with van der Waals surface area (Å²) in [5.41, 5.74) is 8.39. The van der Waals surface area contributed by atoms with Gasteiger partial charge in [-0.3, -0.25) is 14.3 Å². The van der Waals surface area contributed by atoms with Crippen LogP contribution in [0.5, 0.6) is 0 Å². The van der Waals surface area contributed by atoms with Gasteiger partial charge in [0.25, 0.3) is 11.8 Å². The van der Waals surface area contributed by atoms with Crippen molar-refractivity contribution in [3.63, 3.8) is 0 Å². The van der Waals surface area contributed by atoms with Gasteiger partial charge >= 0.3 is 5.97 Å². The summed E-state index contributed by atoms with van der Waals surface area (Å²) in [4.78, 5) is 41.7. The van der Waals surface area contributed by atoms with Crippen LogP contribution in [0.1, 0.15) is 43.3 Å². The van der Waals surface area contributed by atoms with Crippen LogP contribution in [0.25, 0.3) is 11.0 Å². The Morgan fingerprint density at radius 1 is 1.34 bits per heavy atom. The zero-order valence-corrected chi connectivity index (χ0v) is 16.8. The molecule has 0 aromatic carbocycles. The summed E-state index contributed by atoms with van der Waals surface area (Å²) in [5.74, 6) is -1.77. The molecular formula is C19H19N5O4S. The average Bonchev–Trinajstić information content (AvgIpc) is 3.33. The van der Waals surface area contributed by atoms with E-state index in [1.54, 1.807) is 17.8 Å². The van der Waals surface area contributed by atoms with E-state index < -0.39 is 24.4 Å². The van der Waals surface area contributed by atoms with Gasteiger partial charge in [-0.25, -0.2) is 9.78 Å². The van der Waals surface area contributed by atoms with E-state index in [1.165, 1.54) is 17.5 Å². The van der Waals surface area contributed by atoms with E-state index in [1.807, 2.05) is 6.92 Å². The SMILES string of the molecule is Cc1nn(C)c2ncc(C(=O)OCC(=O)Nc3sc4c(c3C(N)=O)CCC4)cc12. The maximum Gasteiger partial charge on any atom is 0.340 e. The molecule has 150 valence electrons. The average molecular weight is 413 g/mol. The van der Waals surface area contributed by atoms with Gasteiger partial charge in [0.2, 0.25) is 0 Å². The lowest BCUT2D eigenvalue weighted by atomic mass is 10.1. The zero-order valence-electron chi connectivity index (χ0n) is 15.9. The fraction of sp³-hybridized carbons (Fsp3) is 0.316. The standard InChI is InChI=1S/C19H19N5O4S/c1-9-12-6-10(7-21-17(12)24(2)23-9)19(27)28-8-14(25)22-18-15(16(20)26)11-4-3-5-13(11)29-18/h6-7H,3-5,8H2,1-2H3,(H2,20,26)(H,22,25). The van der Waals surface area contributed by atoms with Crippen LogP contribution in [0, 0.1) is 6.92 Å². The molecule has 3 N–H and O–H groups in total. The number of nitrogens with one attached hydrogen (secondary N) is 1. The first-order valence-electron chi connectivity index (χ1n) is 9.06. The molecule has 0 radical (unpaired) electrons. The van der Waals surface area contributed by atoms with Gasteiger partial charge in [0.15, 0.2) is 12.3 Å². The van der Waals surface area contributed by atoms with Crippen LogP contribution in [0.3, 0.4) is 0 Å². The molecule has 0 atom stereocenters. The number of rotatable bonds is 5. The Hall–Kier alpha value is -3.27. The van der Waals surface area contributed by atoms with Crippen LogP contribution in [-0.2, 0) is 29.4 Å². The summed E-state index contributed by atoms with van der Waals surface area (Å²) in [6.45, 7) is 1.34. The Labute approximate surface area is 169 Å². The highest BCUT2D eigenvalue weighted by molar-refractivity contribution is 7.17. The molecule has 0 saturated carbocycles. The number of primary amides is 1. The van der Waals surface area contributed by atoms with Crippen molar-refractivity contribution in [2.24, 2.45) is 12.8 Å². The maximum absolute atomic E-state index is 12.3. The molecule has 3 aromatic heterocycles. The smallest absolute Gasteiger partial charge is 0.340 e. The minimum atomic E-state index is -0.665. The van der Waals surface area contributed by atoms with E-state index in [0.717, 1.165) is 40.8 Å². The first-order chi connectivity index (χ1) is 13.8. The first kappa shape index (κ1) is 19.1. The second kappa shape index (κ2) is 7.28. The highest BCUT2D eigenvalue weighted by Gasteiger charge is 2.26. The lowest BCUT2D eigenvalue weighted by molar-refractivity contribution is -0.119. The molecule has 0 spiro atoms. The predicted octanol–water partition coefficient (Wildman–Crippen LogP) is 1.72. The summed E-state index contributed by atoms with van der Waals surface area (Å²) in [6.07, 6.45) is 4.01. The summed E-state index contributed by atoms with van der Waals surface area (Å²) < 4.78 is 6.73. The third kappa shape index (κ3) is 3.46.